The number of nitrogens with zero attached hydrogens (tertiary/aromatic N) is 3. The second-order valence-electron chi connectivity index (χ2n) is 5.98. The number of likely N-dealkylation sites (tertiary alicyclic amines) is 1. The fourth-order valence-electron chi connectivity index (χ4n) is 3.00. The van der Waals surface area contributed by atoms with Gasteiger partial charge in [0.15, 0.2) is 5.69 Å². The van der Waals surface area contributed by atoms with Crippen LogP contribution in [0.15, 0.2) is 17.1 Å². The van der Waals surface area contributed by atoms with E-state index in [9.17, 15) is 9.59 Å². The van der Waals surface area contributed by atoms with E-state index in [-0.39, 0.29) is 17.5 Å². The maximum absolute atomic E-state index is 12.7. The molecule has 1 fully saturated rings. The second-order valence-corrected chi connectivity index (χ2v) is 5.98. The number of piperidine rings is 1. The molecular formula is C15H20N4O2. The highest BCUT2D eigenvalue weighted by atomic mass is 16.2. The summed E-state index contributed by atoms with van der Waals surface area (Å²) in [4.78, 5) is 29.1. The van der Waals surface area contributed by atoms with Gasteiger partial charge in [-0.15, -0.1) is 0 Å². The molecule has 1 amide bonds. The van der Waals surface area contributed by atoms with Crippen molar-refractivity contribution in [1.82, 2.24) is 19.5 Å². The molecule has 112 valence electrons. The highest BCUT2D eigenvalue weighted by molar-refractivity contribution is 5.93. The van der Waals surface area contributed by atoms with Crippen molar-refractivity contribution in [2.45, 2.75) is 39.7 Å². The molecule has 0 saturated carbocycles. The van der Waals surface area contributed by atoms with Crippen molar-refractivity contribution in [3.05, 3.63) is 34.0 Å². The Balaban J connectivity index is 1.98. The van der Waals surface area contributed by atoms with E-state index in [1.165, 1.54) is 4.52 Å². The highest BCUT2D eigenvalue weighted by Gasteiger charge is 2.30. The minimum absolute atomic E-state index is 0.0881. The van der Waals surface area contributed by atoms with Crippen LogP contribution >= 0.6 is 0 Å². The number of rotatable bonds is 1. The molecule has 2 aromatic rings. The molecule has 6 nitrogen and oxygen atoms in total. The van der Waals surface area contributed by atoms with Crippen LogP contribution in [-0.4, -0.2) is 38.0 Å². The van der Waals surface area contributed by atoms with E-state index >= 15 is 0 Å². The second kappa shape index (κ2) is 5.02. The molecule has 1 aliphatic heterocycles. The molecule has 2 aromatic heterocycles. The summed E-state index contributed by atoms with van der Waals surface area (Å²) in [5.41, 5.74) is 1.24. The Morgan fingerprint density at radius 3 is 2.95 bits per heavy atom. The molecule has 1 saturated heterocycles. The molecular weight excluding hydrogens is 268 g/mol. The van der Waals surface area contributed by atoms with E-state index in [2.05, 4.69) is 23.9 Å². The van der Waals surface area contributed by atoms with Gasteiger partial charge in [-0.05, 0) is 32.6 Å². The van der Waals surface area contributed by atoms with E-state index in [1.807, 2.05) is 4.90 Å². The van der Waals surface area contributed by atoms with Crippen LogP contribution in [0.1, 0.15) is 42.9 Å². The van der Waals surface area contributed by atoms with Crippen molar-refractivity contribution in [2.24, 2.45) is 5.92 Å². The summed E-state index contributed by atoms with van der Waals surface area (Å²) >= 11 is 0. The van der Waals surface area contributed by atoms with E-state index in [0.717, 1.165) is 25.1 Å². The summed E-state index contributed by atoms with van der Waals surface area (Å²) < 4.78 is 1.49. The van der Waals surface area contributed by atoms with Crippen molar-refractivity contribution in [3.63, 3.8) is 0 Å². The molecule has 0 spiro atoms. The monoisotopic (exact) mass is 288 g/mol. The zero-order valence-corrected chi connectivity index (χ0v) is 12.6. The van der Waals surface area contributed by atoms with Crippen LogP contribution in [-0.2, 0) is 0 Å². The highest BCUT2D eigenvalue weighted by Crippen LogP contribution is 2.24. The summed E-state index contributed by atoms with van der Waals surface area (Å²) in [5, 5.41) is 4.27. The third-order valence-corrected chi connectivity index (χ3v) is 4.45. The van der Waals surface area contributed by atoms with Crippen LogP contribution in [0, 0.1) is 12.8 Å². The van der Waals surface area contributed by atoms with Crippen molar-refractivity contribution in [1.29, 1.82) is 0 Å². The number of amides is 1. The van der Waals surface area contributed by atoms with Crippen molar-refractivity contribution < 1.29 is 4.79 Å². The Morgan fingerprint density at radius 1 is 1.43 bits per heavy atom. The fraction of sp³-hybridized carbons (Fsp3) is 0.533. The van der Waals surface area contributed by atoms with Crippen LogP contribution in [0.3, 0.4) is 0 Å². The third kappa shape index (κ3) is 2.34. The molecule has 6 heteroatoms. The van der Waals surface area contributed by atoms with E-state index in [4.69, 9.17) is 0 Å². The first-order chi connectivity index (χ1) is 9.97. The van der Waals surface area contributed by atoms with E-state index in [0.29, 0.717) is 17.1 Å². The van der Waals surface area contributed by atoms with Crippen molar-refractivity contribution >= 4 is 11.4 Å². The number of nitrogens with one attached hydrogen (secondary N) is 1. The van der Waals surface area contributed by atoms with Gasteiger partial charge in [0.05, 0.1) is 0 Å². The first-order valence-electron chi connectivity index (χ1n) is 7.37. The molecule has 2 atom stereocenters. The van der Waals surface area contributed by atoms with Crippen LogP contribution in [0.5, 0.6) is 0 Å². The summed E-state index contributed by atoms with van der Waals surface area (Å²) in [6.07, 6.45) is 3.88. The quantitative estimate of drug-likeness (QED) is 0.866. The minimum Gasteiger partial charge on any atom is -0.334 e. The molecule has 0 aliphatic carbocycles. The zero-order chi connectivity index (χ0) is 15.1. The first kappa shape index (κ1) is 13.9. The van der Waals surface area contributed by atoms with Gasteiger partial charge in [0.25, 0.3) is 11.5 Å². The van der Waals surface area contributed by atoms with Gasteiger partial charge in [-0.2, -0.15) is 5.10 Å². The Labute approximate surface area is 122 Å². The molecule has 3 rings (SSSR count). The van der Waals surface area contributed by atoms with Crippen LogP contribution in [0.25, 0.3) is 5.52 Å². The van der Waals surface area contributed by atoms with Gasteiger partial charge >= 0.3 is 0 Å². The van der Waals surface area contributed by atoms with E-state index in [1.54, 1.807) is 19.2 Å². The van der Waals surface area contributed by atoms with Crippen molar-refractivity contribution in [2.75, 3.05) is 6.54 Å². The van der Waals surface area contributed by atoms with Crippen LogP contribution in [0.2, 0.25) is 0 Å². The lowest BCUT2D eigenvalue weighted by Gasteiger charge is -2.37. The molecule has 2 unspecified atom stereocenters. The number of H-pyrrole nitrogens is 1. The lowest BCUT2D eigenvalue weighted by atomic mass is 9.92. The normalized spacial score (nSPS) is 22.7. The molecule has 0 radical (unpaired) electrons. The standard InChI is InChI=1S/C15H20N4O2/c1-9-5-4-6-18(11(9)3)15(21)12-7-13-14(20)16-10(2)8-19(13)17-12/h7-9,11H,4-6H2,1-3H3,(H,16,20). The maximum Gasteiger partial charge on any atom is 0.274 e. The maximum atomic E-state index is 12.7. The predicted octanol–water partition coefficient (Wildman–Crippen LogP) is 1.59. The van der Waals surface area contributed by atoms with Gasteiger partial charge in [0.1, 0.15) is 5.52 Å². The number of aromatic amines is 1. The average Bonchev–Trinajstić information content (AvgIpc) is 2.85. The topological polar surface area (TPSA) is 70.5 Å². The van der Waals surface area contributed by atoms with Gasteiger partial charge < -0.3 is 9.88 Å². The Bertz CT molecular complexity index is 746. The number of hydrogen-bond donors (Lipinski definition) is 1. The predicted molar refractivity (Wildman–Crippen MR) is 79.4 cm³/mol. The zero-order valence-electron chi connectivity index (χ0n) is 12.6. The summed E-state index contributed by atoms with van der Waals surface area (Å²) in [5.74, 6) is 0.403. The smallest absolute Gasteiger partial charge is 0.274 e. The number of fused-ring (bicyclic) bond motifs is 1. The summed E-state index contributed by atoms with van der Waals surface area (Å²) in [6, 6.07) is 1.78. The van der Waals surface area contributed by atoms with Crippen molar-refractivity contribution in [3.8, 4) is 0 Å². The number of aromatic nitrogens is 3. The van der Waals surface area contributed by atoms with E-state index < -0.39 is 0 Å². The number of aryl methyl sites for hydroxylation is 1. The molecule has 21 heavy (non-hydrogen) atoms. The summed E-state index contributed by atoms with van der Waals surface area (Å²) in [7, 11) is 0. The van der Waals surface area contributed by atoms with Gasteiger partial charge in [0, 0.05) is 30.5 Å². The SMILES string of the molecule is Cc1cn2nc(C(=O)N3CCCC(C)C3C)cc2c(=O)[nH]1. The van der Waals surface area contributed by atoms with Gasteiger partial charge in [-0.3, -0.25) is 9.59 Å². The van der Waals surface area contributed by atoms with Gasteiger partial charge in [0.2, 0.25) is 0 Å². The summed E-state index contributed by atoms with van der Waals surface area (Å²) in [6.45, 7) is 6.79. The number of carbonyl (C=O) groups is 1. The van der Waals surface area contributed by atoms with Gasteiger partial charge in [-0.25, -0.2) is 4.52 Å². The number of hydrogen-bond acceptors (Lipinski definition) is 3. The molecule has 1 aliphatic rings. The lowest BCUT2D eigenvalue weighted by molar-refractivity contribution is 0.0544. The Morgan fingerprint density at radius 2 is 2.19 bits per heavy atom. The Hall–Kier alpha value is -2.11. The first-order valence-corrected chi connectivity index (χ1v) is 7.37. The number of carbonyl (C=O) groups excluding carboxylic acids is 1. The minimum atomic E-state index is -0.221. The van der Waals surface area contributed by atoms with Crippen LogP contribution in [0.4, 0.5) is 0 Å². The molecule has 3 heterocycles. The lowest BCUT2D eigenvalue weighted by Crippen LogP contribution is -2.46. The molecule has 0 bridgehead atoms. The fourth-order valence-corrected chi connectivity index (χ4v) is 3.00. The largest absolute Gasteiger partial charge is 0.334 e. The third-order valence-electron chi connectivity index (χ3n) is 4.45. The van der Waals surface area contributed by atoms with Gasteiger partial charge in [-0.1, -0.05) is 6.92 Å². The molecule has 1 N–H and O–H groups in total. The van der Waals surface area contributed by atoms with Crippen LogP contribution < -0.4 is 5.56 Å². The average molecular weight is 288 g/mol. The molecule has 0 aromatic carbocycles. The Kier molecular flexibility index (Phi) is 3.31.